The van der Waals surface area contributed by atoms with Gasteiger partial charge in [-0.1, -0.05) is 0 Å². The molecule has 1 aromatic rings. The van der Waals surface area contributed by atoms with Crippen LogP contribution in [0.1, 0.15) is 20.8 Å². The van der Waals surface area contributed by atoms with E-state index in [2.05, 4.69) is 5.32 Å². The summed E-state index contributed by atoms with van der Waals surface area (Å²) in [5.74, 6) is 0.566. The molecule has 0 bridgehead atoms. The number of carbonyl (C=O) groups is 1. The first-order chi connectivity index (χ1) is 8.11. The minimum absolute atomic E-state index is 0.161. The Morgan fingerprint density at radius 2 is 1.94 bits per heavy atom. The second-order valence-corrected chi connectivity index (χ2v) is 3.85. The molecule has 0 saturated carbocycles. The molecule has 1 rings (SSSR count). The molecule has 0 atom stereocenters. The molecule has 0 heterocycles. The van der Waals surface area contributed by atoms with Crippen molar-refractivity contribution in [2.75, 3.05) is 18.5 Å². The van der Waals surface area contributed by atoms with Gasteiger partial charge in [-0.2, -0.15) is 0 Å². The highest BCUT2D eigenvalue weighted by Crippen LogP contribution is 2.16. The average Bonchev–Trinajstić information content (AvgIpc) is 2.28. The van der Waals surface area contributed by atoms with E-state index in [1.165, 1.54) is 0 Å². The van der Waals surface area contributed by atoms with Gasteiger partial charge in [-0.25, -0.2) is 0 Å². The van der Waals surface area contributed by atoms with E-state index in [1.54, 1.807) is 6.92 Å². The Labute approximate surface area is 102 Å². The van der Waals surface area contributed by atoms with Crippen LogP contribution >= 0.6 is 0 Å². The van der Waals surface area contributed by atoms with E-state index in [0.29, 0.717) is 6.61 Å². The highest BCUT2D eigenvalue weighted by Gasteiger charge is 2.01. The summed E-state index contributed by atoms with van der Waals surface area (Å²) >= 11 is 0. The van der Waals surface area contributed by atoms with Crippen molar-refractivity contribution in [3.63, 3.8) is 0 Å². The molecule has 0 unspecified atom stereocenters. The highest BCUT2D eigenvalue weighted by atomic mass is 16.5. The lowest BCUT2D eigenvalue weighted by Gasteiger charge is -2.10. The molecular formula is C13H19NO3. The minimum Gasteiger partial charge on any atom is -0.491 e. The van der Waals surface area contributed by atoms with Crippen LogP contribution < -0.4 is 10.1 Å². The van der Waals surface area contributed by atoms with E-state index >= 15 is 0 Å². The number of hydrogen-bond donors (Lipinski definition) is 1. The molecule has 4 heteroatoms. The van der Waals surface area contributed by atoms with Crippen molar-refractivity contribution >= 4 is 11.7 Å². The lowest BCUT2D eigenvalue weighted by Crippen LogP contribution is -2.16. The molecule has 0 aromatic heterocycles. The first kappa shape index (κ1) is 13.4. The van der Waals surface area contributed by atoms with Crippen LogP contribution in [0.2, 0.25) is 0 Å². The first-order valence-electron chi connectivity index (χ1n) is 5.78. The van der Waals surface area contributed by atoms with Gasteiger partial charge in [0.1, 0.15) is 12.3 Å². The summed E-state index contributed by atoms with van der Waals surface area (Å²) in [6, 6.07) is 7.48. The SMILES string of the molecule is CCOC(=O)CNc1ccc(OC(C)C)cc1. The van der Waals surface area contributed by atoms with Crippen LogP contribution in [0.25, 0.3) is 0 Å². The maximum Gasteiger partial charge on any atom is 0.325 e. The van der Waals surface area contributed by atoms with Crippen molar-refractivity contribution in [3.05, 3.63) is 24.3 Å². The van der Waals surface area contributed by atoms with Crippen LogP contribution in [0.3, 0.4) is 0 Å². The zero-order chi connectivity index (χ0) is 12.7. The largest absolute Gasteiger partial charge is 0.491 e. The molecule has 0 spiro atoms. The van der Waals surface area contributed by atoms with E-state index in [-0.39, 0.29) is 18.6 Å². The van der Waals surface area contributed by atoms with Gasteiger partial charge in [0.25, 0.3) is 0 Å². The Hall–Kier alpha value is -1.71. The van der Waals surface area contributed by atoms with Gasteiger partial charge >= 0.3 is 5.97 Å². The van der Waals surface area contributed by atoms with Crippen molar-refractivity contribution in [2.45, 2.75) is 26.9 Å². The smallest absolute Gasteiger partial charge is 0.325 e. The fourth-order valence-corrected chi connectivity index (χ4v) is 1.31. The van der Waals surface area contributed by atoms with E-state index in [1.807, 2.05) is 38.1 Å². The van der Waals surface area contributed by atoms with Gasteiger partial charge in [-0.3, -0.25) is 4.79 Å². The summed E-state index contributed by atoms with van der Waals surface area (Å²) in [6.45, 7) is 6.33. The number of nitrogens with one attached hydrogen (secondary N) is 1. The lowest BCUT2D eigenvalue weighted by molar-refractivity contribution is -0.140. The predicted molar refractivity (Wildman–Crippen MR) is 67.3 cm³/mol. The van der Waals surface area contributed by atoms with Crippen LogP contribution in [0.15, 0.2) is 24.3 Å². The number of rotatable bonds is 6. The summed E-state index contributed by atoms with van der Waals surface area (Å²) < 4.78 is 10.3. The second-order valence-electron chi connectivity index (χ2n) is 3.85. The number of carbonyl (C=O) groups excluding carboxylic acids is 1. The Kier molecular flexibility index (Phi) is 5.33. The number of hydrogen-bond acceptors (Lipinski definition) is 4. The van der Waals surface area contributed by atoms with Crippen molar-refractivity contribution in [2.24, 2.45) is 0 Å². The van der Waals surface area contributed by atoms with Crippen LogP contribution in [-0.4, -0.2) is 25.2 Å². The van der Waals surface area contributed by atoms with E-state index in [9.17, 15) is 4.79 Å². The summed E-state index contributed by atoms with van der Waals surface area (Å²) in [4.78, 5) is 11.1. The predicted octanol–water partition coefficient (Wildman–Crippen LogP) is 2.45. The molecule has 0 aliphatic rings. The van der Waals surface area contributed by atoms with Crippen LogP contribution in [0.5, 0.6) is 5.75 Å². The fraction of sp³-hybridized carbons (Fsp3) is 0.462. The van der Waals surface area contributed by atoms with Gasteiger partial charge < -0.3 is 14.8 Å². The summed E-state index contributed by atoms with van der Waals surface area (Å²) in [7, 11) is 0. The van der Waals surface area contributed by atoms with Gasteiger partial charge in [0.05, 0.1) is 12.7 Å². The Balaban J connectivity index is 2.42. The van der Waals surface area contributed by atoms with Crippen LogP contribution in [0, 0.1) is 0 Å². The molecule has 4 nitrogen and oxygen atoms in total. The standard InChI is InChI=1S/C13H19NO3/c1-4-16-13(15)9-14-11-5-7-12(8-6-11)17-10(2)3/h5-8,10,14H,4,9H2,1-3H3. The van der Waals surface area contributed by atoms with Crippen molar-refractivity contribution in [1.82, 2.24) is 0 Å². The van der Waals surface area contributed by atoms with Crippen LogP contribution in [-0.2, 0) is 9.53 Å². The molecule has 0 fully saturated rings. The highest BCUT2D eigenvalue weighted by molar-refractivity contribution is 5.74. The number of ether oxygens (including phenoxy) is 2. The monoisotopic (exact) mass is 237 g/mol. The second kappa shape index (κ2) is 6.78. The fourth-order valence-electron chi connectivity index (χ4n) is 1.31. The first-order valence-corrected chi connectivity index (χ1v) is 5.78. The van der Waals surface area contributed by atoms with Crippen molar-refractivity contribution in [1.29, 1.82) is 0 Å². The third kappa shape index (κ3) is 5.24. The quantitative estimate of drug-likeness (QED) is 0.772. The van der Waals surface area contributed by atoms with Gasteiger partial charge in [0, 0.05) is 5.69 Å². The topological polar surface area (TPSA) is 47.6 Å². The van der Waals surface area contributed by atoms with E-state index in [4.69, 9.17) is 9.47 Å². The van der Waals surface area contributed by atoms with Crippen LogP contribution in [0.4, 0.5) is 5.69 Å². The summed E-state index contributed by atoms with van der Waals surface area (Å²) in [5.41, 5.74) is 0.870. The molecule has 94 valence electrons. The zero-order valence-corrected chi connectivity index (χ0v) is 10.5. The van der Waals surface area contributed by atoms with Gasteiger partial charge in [0.15, 0.2) is 0 Å². The summed E-state index contributed by atoms with van der Waals surface area (Å²) in [5, 5.41) is 2.98. The van der Waals surface area contributed by atoms with Crippen molar-refractivity contribution < 1.29 is 14.3 Å². The van der Waals surface area contributed by atoms with Crippen molar-refractivity contribution in [3.8, 4) is 5.75 Å². The summed E-state index contributed by atoms with van der Waals surface area (Å²) in [6.07, 6.45) is 0.161. The lowest BCUT2D eigenvalue weighted by atomic mass is 10.3. The number of benzene rings is 1. The molecule has 0 aliphatic heterocycles. The molecule has 0 saturated heterocycles. The molecular weight excluding hydrogens is 218 g/mol. The maximum atomic E-state index is 11.1. The van der Waals surface area contributed by atoms with E-state index < -0.39 is 0 Å². The Morgan fingerprint density at radius 1 is 1.29 bits per heavy atom. The Bertz CT molecular complexity index is 346. The van der Waals surface area contributed by atoms with E-state index in [0.717, 1.165) is 11.4 Å². The number of esters is 1. The third-order valence-corrected chi connectivity index (χ3v) is 1.97. The molecule has 1 aromatic carbocycles. The molecule has 1 N–H and O–H groups in total. The van der Waals surface area contributed by atoms with Gasteiger partial charge in [-0.05, 0) is 45.0 Å². The molecule has 0 aliphatic carbocycles. The Morgan fingerprint density at radius 3 is 2.47 bits per heavy atom. The van der Waals surface area contributed by atoms with Gasteiger partial charge in [-0.15, -0.1) is 0 Å². The molecule has 0 radical (unpaired) electrons. The third-order valence-electron chi connectivity index (χ3n) is 1.97. The maximum absolute atomic E-state index is 11.1. The zero-order valence-electron chi connectivity index (χ0n) is 10.5. The number of anilines is 1. The molecule has 0 amide bonds. The van der Waals surface area contributed by atoms with Gasteiger partial charge in [0.2, 0.25) is 0 Å². The average molecular weight is 237 g/mol. The normalized spacial score (nSPS) is 10.1. The minimum atomic E-state index is -0.255. The molecule has 17 heavy (non-hydrogen) atoms.